The Bertz CT molecular complexity index is 260. The van der Waals surface area contributed by atoms with Crippen LogP contribution in [0.1, 0.15) is 19.3 Å². The third kappa shape index (κ3) is 3.22. The van der Waals surface area contributed by atoms with Crippen LogP contribution >= 0.6 is 0 Å². The summed E-state index contributed by atoms with van der Waals surface area (Å²) >= 11 is 0. The molecular weight excluding hydrogens is 192 g/mol. The van der Waals surface area contributed by atoms with Gasteiger partial charge in [0.05, 0.1) is 6.04 Å². The van der Waals surface area contributed by atoms with Gasteiger partial charge in [0.2, 0.25) is 5.91 Å². The number of nitrogens with zero attached hydrogens (tertiary/aromatic N) is 1. The molecule has 1 rings (SSSR count). The number of likely N-dealkylation sites (tertiary alicyclic amines) is 1. The maximum Gasteiger partial charge on any atom is 0.240 e. The van der Waals surface area contributed by atoms with Gasteiger partial charge < -0.3 is 15.7 Å². The second-order valence-electron chi connectivity index (χ2n) is 3.99. The first-order valence-corrected chi connectivity index (χ1v) is 5.27. The fourth-order valence-corrected chi connectivity index (χ4v) is 1.86. The summed E-state index contributed by atoms with van der Waals surface area (Å²) in [7, 11) is 0. The second-order valence-corrected chi connectivity index (χ2v) is 3.99. The summed E-state index contributed by atoms with van der Waals surface area (Å²) in [6.07, 6.45) is 7.29. The monoisotopic (exact) mass is 210 g/mol. The number of piperidine rings is 1. The Hall–Kier alpha value is -1.05. The lowest BCUT2D eigenvalue weighted by atomic mass is 9.98. The first-order chi connectivity index (χ1) is 7.19. The van der Waals surface area contributed by atoms with E-state index < -0.39 is 6.04 Å². The Balaban J connectivity index is 2.49. The molecule has 2 unspecified atom stereocenters. The molecule has 1 aliphatic heterocycles. The molecule has 0 bridgehead atoms. The van der Waals surface area contributed by atoms with Crippen LogP contribution in [0.3, 0.4) is 0 Å². The van der Waals surface area contributed by atoms with Crippen molar-refractivity contribution in [2.24, 2.45) is 11.7 Å². The molecular formula is C11H18N2O2. The molecule has 0 aliphatic carbocycles. The van der Waals surface area contributed by atoms with Crippen molar-refractivity contribution in [2.75, 3.05) is 19.7 Å². The molecule has 1 heterocycles. The molecule has 0 aromatic carbocycles. The van der Waals surface area contributed by atoms with Gasteiger partial charge in [0.1, 0.15) is 0 Å². The highest BCUT2D eigenvalue weighted by Gasteiger charge is 2.26. The standard InChI is InChI=1S/C11H18N2O2/c1-2-4-10(12)11(15)13-6-3-5-9(7-13)8-14/h1,9-10,14H,3-8,12H2. The Morgan fingerprint density at radius 1 is 1.73 bits per heavy atom. The SMILES string of the molecule is C#CCC(N)C(=O)N1CCCC(CO)C1. The van der Waals surface area contributed by atoms with Gasteiger partial charge in [0.15, 0.2) is 0 Å². The van der Waals surface area contributed by atoms with Crippen molar-refractivity contribution < 1.29 is 9.90 Å². The van der Waals surface area contributed by atoms with Crippen LogP contribution in [0.5, 0.6) is 0 Å². The van der Waals surface area contributed by atoms with Crippen LogP contribution in [0, 0.1) is 18.3 Å². The van der Waals surface area contributed by atoms with E-state index in [1.807, 2.05) is 0 Å². The summed E-state index contributed by atoms with van der Waals surface area (Å²) in [4.78, 5) is 13.5. The van der Waals surface area contributed by atoms with Crippen LogP contribution in [0.25, 0.3) is 0 Å². The number of rotatable bonds is 3. The average Bonchev–Trinajstić information content (AvgIpc) is 2.28. The van der Waals surface area contributed by atoms with Crippen LogP contribution in [-0.2, 0) is 4.79 Å². The molecule has 1 fully saturated rings. The molecule has 1 aliphatic rings. The van der Waals surface area contributed by atoms with Crippen LogP contribution in [0.4, 0.5) is 0 Å². The van der Waals surface area contributed by atoms with Gasteiger partial charge in [-0.05, 0) is 18.8 Å². The van der Waals surface area contributed by atoms with Gasteiger partial charge in [0, 0.05) is 26.1 Å². The molecule has 0 spiro atoms. The normalized spacial score (nSPS) is 23.3. The molecule has 3 N–H and O–H groups in total. The molecule has 1 saturated heterocycles. The van der Waals surface area contributed by atoms with E-state index in [0.29, 0.717) is 6.54 Å². The minimum absolute atomic E-state index is 0.0916. The first-order valence-electron chi connectivity index (χ1n) is 5.27. The lowest BCUT2D eigenvalue weighted by Crippen LogP contribution is -2.48. The Kier molecular flexibility index (Phi) is 4.60. The zero-order valence-electron chi connectivity index (χ0n) is 8.85. The fourth-order valence-electron chi connectivity index (χ4n) is 1.86. The summed E-state index contributed by atoms with van der Waals surface area (Å²) in [5.74, 6) is 2.49. The van der Waals surface area contributed by atoms with Gasteiger partial charge in [0.25, 0.3) is 0 Å². The van der Waals surface area contributed by atoms with Gasteiger partial charge in [-0.25, -0.2) is 0 Å². The van der Waals surface area contributed by atoms with E-state index in [2.05, 4.69) is 5.92 Å². The summed E-state index contributed by atoms with van der Waals surface area (Å²) in [6, 6.07) is -0.590. The maximum atomic E-state index is 11.8. The zero-order valence-corrected chi connectivity index (χ0v) is 8.85. The van der Waals surface area contributed by atoms with Crippen molar-refractivity contribution >= 4 is 5.91 Å². The second kappa shape index (κ2) is 5.74. The van der Waals surface area contributed by atoms with Crippen molar-refractivity contribution in [3.8, 4) is 12.3 Å². The minimum Gasteiger partial charge on any atom is -0.396 e. The largest absolute Gasteiger partial charge is 0.396 e. The molecule has 2 atom stereocenters. The van der Waals surface area contributed by atoms with E-state index in [1.54, 1.807) is 4.90 Å². The number of aliphatic hydroxyl groups is 1. The number of hydrogen-bond acceptors (Lipinski definition) is 3. The molecule has 0 radical (unpaired) electrons. The molecule has 0 saturated carbocycles. The van der Waals surface area contributed by atoms with E-state index in [-0.39, 0.29) is 24.9 Å². The average molecular weight is 210 g/mol. The fraction of sp³-hybridized carbons (Fsp3) is 0.727. The number of amides is 1. The van der Waals surface area contributed by atoms with Crippen molar-refractivity contribution in [3.05, 3.63) is 0 Å². The van der Waals surface area contributed by atoms with Crippen LogP contribution < -0.4 is 5.73 Å². The summed E-state index contributed by atoms with van der Waals surface area (Å²) in [6.45, 7) is 1.47. The minimum atomic E-state index is -0.590. The predicted molar refractivity (Wildman–Crippen MR) is 57.8 cm³/mol. The number of carbonyl (C=O) groups excluding carboxylic acids is 1. The Morgan fingerprint density at radius 3 is 3.07 bits per heavy atom. The zero-order chi connectivity index (χ0) is 11.3. The van der Waals surface area contributed by atoms with Gasteiger partial charge in [-0.15, -0.1) is 12.3 Å². The summed E-state index contributed by atoms with van der Waals surface area (Å²) < 4.78 is 0. The summed E-state index contributed by atoms with van der Waals surface area (Å²) in [5.41, 5.74) is 5.65. The van der Waals surface area contributed by atoms with Crippen LogP contribution in [-0.4, -0.2) is 41.7 Å². The highest BCUT2D eigenvalue weighted by atomic mass is 16.3. The van der Waals surface area contributed by atoms with Crippen molar-refractivity contribution in [3.63, 3.8) is 0 Å². The van der Waals surface area contributed by atoms with E-state index >= 15 is 0 Å². The maximum absolute atomic E-state index is 11.8. The number of hydrogen-bond donors (Lipinski definition) is 2. The quantitative estimate of drug-likeness (QED) is 0.621. The number of terminal acetylenes is 1. The molecule has 84 valence electrons. The lowest BCUT2D eigenvalue weighted by Gasteiger charge is -2.33. The van der Waals surface area contributed by atoms with Crippen molar-refractivity contribution in [2.45, 2.75) is 25.3 Å². The van der Waals surface area contributed by atoms with Gasteiger partial charge in [-0.3, -0.25) is 4.79 Å². The van der Waals surface area contributed by atoms with E-state index in [4.69, 9.17) is 17.3 Å². The first kappa shape index (κ1) is 12.0. The molecule has 4 heteroatoms. The number of carbonyl (C=O) groups is 1. The molecule has 4 nitrogen and oxygen atoms in total. The Labute approximate surface area is 90.4 Å². The smallest absolute Gasteiger partial charge is 0.240 e. The van der Waals surface area contributed by atoms with E-state index in [9.17, 15) is 4.79 Å². The van der Waals surface area contributed by atoms with Gasteiger partial charge in [-0.2, -0.15) is 0 Å². The van der Waals surface area contributed by atoms with Crippen molar-refractivity contribution in [1.29, 1.82) is 0 Å². The molecule has 0 aromatic heterocycles. The highest BCUT2D eigenvalue weighted by Crippen LogP contribution is 2.16. The highest BCUT2D eigenvalue weighted by molar-refractivity contribution is 5.82. The number of aliphatic hydroxyl groups excluding tert-OH is 1. The molecule has 0 aromatic rings. The van der Waals surface area contributed by atoms with Crippen LogP contribution in [0.15, 0.2) is 0 Å². The third-order valence-electron chi connectivity index (χ3n) is 2.74. The van der Waals surface area contributed by atoms with Crippen LogP contribution in [0.2, 0.25) is 0 Å². The van der Waals surface area contributed by atoms with E-state index in [0.717, 1.165) is 19.4 Å². The predicted octanol–water partition coefficient (Wildman–Crippen LogP) is -0.432. The lowest BCUT2D eigenvalue weighted by molar-refractivity contribution is -0.134. The summed E-state index contributed by atoms with van der Waals surface area (Å²) in [5, 5.41) is 9.03. The molecule has 15 heavy (non-hydrogen) atoms. The van der Waals surface area contributed by atoms with E-state index in [1.165, 1.54) is 0 Å². The van der Waals surface area contributed by atoms with Gasteiger partial charge in [-0.1, -0.05) is 0 Å². The Morgan fingerprint density at radius 2 is 2.47 bits per heavy atom. The number of nitrogens with two attached hydrogens (primary N) is 1. The topological polar surface area (TPSA) is 66.6 Å². The van der Waals surface area contributed by atoms with Crippen molar-refractivity contribution in [1.82, 2.24) is 4.90 Å². The van der Waals surface area contributed by atoms with Gasteiger partial charge >= 0.3 is 0 Å². The molecule has 1 amide bonds. The third-order valence-corrected chi connectivity index (χ3v) is 2.74.